The van der Waals surface area contributed by atoms with Gasteiger partial charge in [-0.25, -0.2) is 0 Å². The van der Waals surface area contributed by atoms with E-state index in [1.54, 1.807) is 6.92 Å². The first-order chi connectivity index (χ1) is 14.1. The minimum atomic E-state index is -0.0940. The Morgan fingerprint density at radius 1 is 1.24 bits per heavy atom. The van der Waals surface area contributed by atoms with Crippen LogP contribution < -0.4 is 5.32 Å². The summed E-state index contributed by atoms with van der Waals surface area (Å²) in [5.41, 5.74) is 4.87. The Kier molecular flexibility index (Phi) is 6.37. The Hall–Kier alpha value is -2.09. The Morgan fingerprint density at radius 3 is 2.86 bits per heavy atom. The van der Waals surface area contributed by atoms with Crippen LogP contribution >= 0.6 is 11.8 Å². The molecule has 2 heterocycles. The summed E-state index contributed by atoms with van der Waals surface area (Å²) < 4.78 is 2.14. The number of hydrogen-bond donors (Lipinski definition) is 2. The number of nitrogens with one attached hydrogen (secondary N) is 2. The van der Waals surface area contributed by atoms with E-state index in [0.29, 0.717) is 12.2 Å². The predicted octanol–water partition coefficient (Wildman–Crippen LogP) is 3.35. The Balaban J connectivity index is 1.27. The molecule has 1 fully saturated rings. The SMILES string of the molecule is CC(=O)SCCCCCCNC(=O)c1n[nH]c2c1CCc1c-2cnn1CC1CC1. The van der Waals surface area contributed by atoms with Crippen molar-refractivity contribution in [3.8, 4) is 11.3 Å². The third kappa shape index (κ3) is 4.91. The summed E-state index contributed by atoms with van der Waals surface area (Å²) in [5.74, 6) is 1.58. The maximum Gasteiger partial charge on any atom is 0.272 e. The molecule has 2 N–H and O–H groups in total. The van der Waals surface area contributed by atoms with Crippen molar-refractivity contribution in [3.63, 3.8) is 0 Å². The molecule has 4 rings (SSSR count). The van der Waals surface area contributed by atoms with Crippen LogP contribution in [-0.2, 0) is 24.2 Å². The Bertz CT molecular complexity index is 884. The molecule has 2 aromatic heterocycles. The van der Waals surface area contributed by atoms with Crippen LogP contribution in [-0.4, -0.2) is 43.3 Å². The lowest BCUT2D eigenvalue weighted by Crippen LogP contribution is -2.26. The van der Waals surface area contributed by atoms with Crippen LogP contribution in [0.4, 0.5) is 0 Å². The van der Waals surface area contributed by atoms with Crippen molar-refractivity contribution in [3.05, 3.63) is 23.1 Å². The van der Waals surface area contributed by atoms with E-state index in [-0.39, 0.29) is 11.0 Å². The second kappa shape index (κ2) is 9.15. The number of H-pyrrole nitrogens is 1. The largest absolute Gasteiger partial charge is 0.351 e. The van der Waals surface area contributed by atoms with Gasteiger partial charge in [-0.15, -0.1) is 0 Å². The molecule has 0 aromatic carbocycles. The zero-order chi connectivity index (χ0) is 20.2. The molecule has 0 unspecified atom stereocenters. The van der Waals surface area contributed by atoms with Crippen molar-refractivity contribution in [1.82, 2.24) is 25.3 Å². The molecule has 0 saturated heterocycles. The highest BCUT2D eigenvalue weighted by Gasteiger charge is 2.29. The fourth-order valence-corrected chi connectivity index (χ4v) is 4.57. The lowest BCUT2D eigenvalue weighted by molar-refractivity contribution is -0.109. The first kappa shape index (κ1) is 20.2. The fraction of sp³-hybridized carbons (Fsp3) is 0.619. The lowest BCUT2D eigenvalue weighted by Gasteiger charge is -2.15. The first-order valence-electron chi connectivity index (χ1n) is 10.7. The van der Waals surface area contributed by atoms with Gasteiger partial charge in [-0.05, 0) is 44.4 Å². The van der Waals surface area contributed by atoms with Gasteiger partial charge in [0.05, 0.1) is 11.9 Å². The van der Waals surface area contributed by atoms with Crippen LogP contribution in [0.3, 0.4) is 0 Å². The van der Waals surface area contributed by atoms with E-state index in [1.807, 2.05) is 6.20 Å². The topological polar surface area (TPSA) is 92.7 Å². The molecule has 1 amide bonds. The van der Waals surface area contributed by atoms with Crippen molar-refractivity contribution in [2.24, 2.45) is 5.92 Å². The molecule has 2 aliphatic carbocycles. The maximum atomic E-state index is 12.6. The highest BCUT2D eigenvalue weighted by atomic mass is 32.2. The summed E-state index contributed by atoms with van der Waals surface area (Å²) >= 11 is 1.39. The molecule has 0 radical (unpaired) electrons. The van der Waals surface area contributed by atoms with Crippen molar-refractivity contribution in [1.29, 1.82) is 0 Å². The summed E-state index contributed by atoms with van der Waals surface area (Å²) in [6.07, 6.45) is 10.4. The maximum absolute atomic E-state index is 12.6. The molecule has 7 nitrogen and oxygen atoms in total. The van der Waals surface area contributed by atoms with Crippen LogP contribution in [0.5, 0.6) is 0 Å². The monoisotopic (exact) mass is 415 g/mol. The number of amides is 1. The number of carbonyl (C=O) groups excluding carboxylic acids is 2. The molecule has 1 saturated carbocycles. The highest BCUT2D eigenvalue weighted by Crippen LogP contribution is 2.36. The molecule has 8 heteroatoms. The van der Waals surface area contributed by atoms with Gasteiger partial charge in [0.2, 0.25) is 0 Å². The van der Waals surface area contributed by atoms with E-state index in [9.17, 15) is 9.59 Å². The zero-order valence-electron chi connectivity index (χ0n) is 17.0. The summed E-state index contributed by atoms with van der Waals surface area (Å²) in [4.78, 5) is 23.5. The fourth-order valence-electron chi connectivity index (χ4n) is 3.93. The number of rotatable bonds is 10. The van der Waals surface area contributed by atoms with E-state index in [1.165, 1.54) is 30.3 Å². The van der Waals surface area contributed by atoms with E-state index in [2.05, 4.69) is 25.3 Å². The molecule has 0 atom stereocenters. The normalized spacial score (nSPS) is 15.1. The molecule has 0 aliphatic heterocycles. The standard InChI is InChI=1S/C21H29N5O2S/c1-14(27)29-11-5-3-2-4-10-22-21(28)20-16-8-9-18-17(19(16)24-25-20)12-23-26(18)13-15-6-7-15/h12,15H,2-11,13H2,1H3,(H,22,28)(H,24,25). The average molecular weight is 416 g/mol. The number of hydrogen-bond acceptors (Lipinski definition) is 5. The van der Waals surface area contributed by atoms with Crippen LogP contribution in [0.1, 0.15) is 67.2 Å². The van der Waals surface area contributed by atoms with E-state index in [4.69, 9.17) is 0 Å². The zero-order valence-corrected chi connectivity index (χ0v) is 17.8. The smallest absolute Gasteiger partial charge is 0.272 e. The third-order valence-corrected chi connectivity index (χ3v) is 6.60. The molecule has 2 aromatic rings. The van der Waals surface area contributed by atoms with Crippen LogP contribution in [0.25, 0.3) is 11.3 Å². The molecule has 156 valence electrons. The predicted molar refractivity (Wildman–Crippen MR) is 114 cm³/mol. The summed E-state index contributed by atoms with van der Waals surface area (Å²) in [7, 11) is 0. The highest BCUT2D eigenvalue weighted by molar-refractivity contribution is 8.13. The van der Waals surface area contributed by atoms with Gasteiger partial charge in [-0.1, -0.05) is 24.6 Å². The van der Waals surface area contributed by atoms with Gasteiger partial charge in [-0.2, -0.15) is 10.2 Å². The third-order valence-electron chi connectivity index (χ3n) is 5.70. The second-order valence-corrected chi connectivity index (χ2v) is 9.34. The molecular weight excluding hydrogens is 386 g/mol. The minimum Gasteiger partial charge on any atom is -0.351 e. The van der Waals surface area contributed by atoms with Crippen LogP contribution in [0.15, 0.2) is 6.20 Å². The van der Waals surface area contributed by atoms with Gasteiger partial charge in [0.15, 0.2) is 10.8 Å². The van der Waals surface area contributed by atoms with Crippen molar-refractivity contribution in [2.45, 2.75) is 64.8 Å². The molecule has 29 heavy (non-hydrogen) atoms. The molecule has 0 bridgehead atoms. The van der Waals surface area contributed by atoms with Crippen LogP contribution in [0.2, 0.25) is 0 Å². The van der Waals surface area contributed by atoms with E-state index >= 15 is 0 Å². The Morgan fingerprint density at radius 2 is 2.07 bits per heavy atom. The number of aromatic amines is 1. The lowest BCUT2D eigenvalue weighted by atomic mass is 9.93. The van der Waals surface area contributed by atoms with Gasteiger partial charge < -0.3 is 5.32 Å². The minimum absolute atomic E-state index is 0.0940. The number of carbonyl (C=O) groups is 2. The number of unbranched alkanes of at least 4 members (excludes halogenated alkanes) is 3. The number of nitrogens with zero attached hydrogens (tertiary/aromatic N) is 3. The Labute approximate surface area is 175 Å². The van der Waals surface area contributed by atoms with E-state index < -0.39 is 0 Å². The summed E-state index contributed by atoms with van der Waals surface area (Å²) in [6, 6.07) is 0. The van der Waals surface area contributed by atoms with Gasteiger partial charge in [-0.3, -0.25) is 19.4 Å². The number of aromatic nitrogens is 4. The van der Waals surface area contributed by atoms with Gasteiger partial charge in [0.25, 0.3) is 5.91 Å². The van der Waals surface area contributed by atoms with Gasteiger partial charge >= 0.3 is 0 Å². The van der Waals surface area contributed by atoms with E-state index in [0.717, 1.165) is 73.6 Å². The quantitative estimate of drug-likeness (QED) is 0.581. The number of fused-ring (bicyclic) bond motifs is 3. The van der Waals surface area contributed by atoms with Crippen LogP contribution in [0, 0.1) is 5.92 Å². The van der Waals surface area contributed by atoms with Gasteiger partial charge in [0, 0.05) is 42.6 Å². The summed E-state index contributed by atoms with van der Waals surface area (Å²) in [6.45, 7) is 3.28. The average Bonchev–Trinajstić information content (AvgIpc) is 3.25. The van der Waals surface area contributed by atoms with Gasteiger partial charge in [0.1, 0.15) is 0 Å². The molecular formula is C21H29N5O2S. The first-order valence-corrected chi connectivity index (χ1v) is 11.7. The second-order valence-electron chi connectivity index (χ2n) is 8.07. The van der Waals surface area contributed by atoms with Crippen molar-refractivity contribution >= 4 is 22.8 Å². The molecule has 2 aliphatic rings. The molecule has 0 spiro atoms. The number of thioether (sulfide) groups is 1. The van der Waals surface area contributed by atoms with Crippen molar-refractivity contribution < 1.29 is 9.59 Å². The van der Waals surface area contributed by atoms with Crippen molar-refractivity contribution in [2.75, 3.05) is 12.3 Å². The summed E-state index contributed by atoms with van der Waals surface area (Å²) in [5, 5.41) is 15.2.